The highest BCUT2D eigenvalue weighted by Crippen LogP contribution is 2.13. The molecule has 2 aromatic rings. The summed E-state index contributed by atoms with van der Waals surface area (Å²) in [7, 11) is 0. The molecule has 0 atom stereocenters. The van der Waals surface area contributed by atoms with E-state index in [4.69, 9.17) is 22.2 Å². The van der Waals surface area contributed by atoms with Crippen LogP contribution in [0.25, 0.3) is 0 Å². The van der Waals surface area contributed by atoms with Gasteiger partial charge in [0.25, 0.3) is 0 Å². The molecule has 4 nitrogen and oxygen atoms in total. The van der Waals surface area contributed by atoms with E-state index in [2.05, 4.69) is 5.48 Å². The minimum atomic E-state index is -0.388. The number of nitrogens with one attached hydrogen (secondary N) is 1. The lowest BCUT2D eigenvalue weighted by molar-refractivity contribution is -0.139. The third-order valence-electron chi connectivity index (χ3n) is 2.43. The largest absolute Gasteiger partial charge is 0.399 e. The molecule has 0 aromatic heterocycles. The minimum absolute atomic E-state index is 0.158. The smallest absolute Gasteiger partial charge is 0.336 e. The first-order chi connectivity index (χ1) is 9.13. The van der Waals surface area contributed by atoms with E-state index in [9.17, 15) is 4.79 Å². The molecular weight excluding hydrogens is 264 g/mol. The summed E-state index contributed by atoms with van der Waals surface area (Å²) < 4.78 is 0. The van der Waals surface area contributed by atoms with Crippen molar-refractivity contribution in [1.82, 2.24) is 0 Å². The maximum Gasteiger partial charge on any atom is 0.336 e. The number of hydrogen-bond acceptors (Lipinski definition) is 4. The zero-order valence-electron chi connectivity index (χ0n) is 10.1. The molecule has 5 heteroatoms. The third kappa shape index (κ3) is 4.19. The van der Waals surface area contributed by atoms with Crippen LogP contribution in [0.5, 0.6) is 0 Å². The molecule has 2 rings (SSSR count). The van der Waals surface area contributed by atoms with Gasteiger partial charge in [0.2, 0.25) is 0 Å². The average molecular weight is 277 g/mol. The Balaban J connectivity index is 1.86. The van der Waals surface area contributed by atoms with Crippen LogP contribution >= 0.6 is 11.6 Å². The first kappa shape index (κ1) is 13.2. The number of hydrogen-bond donors (Lipinski definition) is 2. The van der Waals surface area contributed by atoms with Crippen molar-refractivity contribution in [2.75, 3.05) is 11.2 Å². The maximum absolute atomic E-state index is 11.6. The van der Waals surface area contributed by atoms with Gasteiger partial charge >= 0.3 is 5.97 Å². The molecule has 0 aliphatic heterocycles. The molecule has 2 aromatic carbocycles. The van der Waals surface area contributed by atoms with Gasteiger partial charge in [0.05, 0.1) is 12.1 Å². The zero-order chi connectivity index (χ0) is 13.7. The van der Waals surface area contributed by atoms with Crippen molar-refractivity contribution >= 4 is 28.9 Å². The second-order valence-corrected chi connectivity index (χ2v) is 4.44. The van der Waals surface area contributed by atoms with E-state index in [0.29, 0.717) is 16.4 Å². The number of anilines is 2. The Kier molecular flexibility index (Phi) is 4.26. The topological polar surface area (TPSA) is 64.4 Å². The van der Waals surface area contributed by atoms with Crippen LogP contribution in [-0.2, 0) is 16.1 Å². The summed E-state index contributed by atoms with van der Waals surface area (Å²) in [4.78, 5) is 16.6. The summed E-state index contributed by atoms with van der Waals surface area (Å²) in [5, 5.41) is 0.622. The van der Waals surface area contributed by atoms with Crippen molar-refractivity contribution in [2.24, 2.45) is 0 Å². The first-order valence-electron chi connectivity index (χ1n) is 5.69. The number of nitrogens with two attached hydrogens (primary N) is 1. The summed E-state index contributed by atoms with van der Waals surface area (Å²) >= 11 is 5.75. The molecule has 0 saturated carbocycles. The Morgan fingerprint density at radius 1 is 1.21 bits per heavy atom. The van der Waals surface area contributed by atoms with Crippen molar-refractivity contribution < 1.29 is 9.63 Å². The fraction of sp³-hybridized carbons (Fsp3) is 0.0714. The van der Waals surface area contributed by atoms with Crippen LogP contribution < -0.4 is 11.2 Å². The Bertz CT molecular complexity index is 570. The van der Waals surface area contributed by atoms with Crippen molar-refractivity contribution in [3.05, 3.63) is 59.1 Å². The maximum atomic E-state index is 11.6. The van der Waals surface area contributed by atoms with Gasteiger partial charge in [-0.15, -0.1) is 0 Å². The van der Waals surface area contributed by atoms with Gasteiger partial charge in [-0.05, 0) is 42.0 Å². The molecule has 98 valence electrons. The summed E-state index contributed by atoms with van der Waals surface area (Å²) in [6.45, 7) is 0. The fourth-order valence-corrected chi connectivity index (χ4v) is 1.67. The number of nitrogen functional groups attached to an aromatic ring is 1. The van der Waals surface area contributed by atoms with Crippen LogP contribution in [0.15, 0.2) is 48.5 Å². The lowest BCUT2D eigenvalue weighted by Crippen LogP contribution is -2.12. The molecule has 0 saturated heterocycles. The number of halogens is 1. The highest BCUT2D eigenvalue weighted by molar-refractivity contribution is 6.30. The zero-order valence-corrected chi connectivity index (χ0v) is 10.9. The van der Waals surface area contributed by atoms with Crippen molar-refractivity contribution in [2.45, 2.75) is 6.42 Å². The normalized spacial score (nSPS) is 9.95. The van der Waals surface area contributed by atoms with E-state index in [1.807, 2.05) is 6.07 Å². The Morgan fingerprint density at radius 2 is 1.95 bits per heavy atom. The van der Waals surface area contributed by atoms with E-state index in [-0.39, 0.29) is 12.4 Å². The molecule has 0 fully saturated rings. The molecule has 0 bridgehead atoms. The standard InChI is InChI=1S/C14H13ClN2O2/c15-11-4-6-13(7-5-11)17-19-14(18)9-10-2-1-3-12(16)8-10/h1-8,17H,9,16H2. The predicted molar refractivity (Wildman–Crippen MR) is 75.7 cm³/mol. The van der Waals surface area contributed by atoms with Crippen LogP contribution in [0.1, 0.15) is 5.56 Å². The van der Waals surface area contributed by atoms with Gasteiger partial charge in [-0.25, -0.2) is 10.3 Å². The van der Waals surface area contributed by atoms with E-state index < -0.39 is 0 Å². The Morgan fingerprint density at radius 3 is 2.63 bits per heavy atom. The van der Waals surface area contributed by atoms with Crippen molar-refractivity contribution in [1.29, 1.82) is 0 Å². The number of rotatable bonds is 4. The van der Waals surface area contributed by atoms with E-state index >= 15 is 0 Å². The van der Waals surface area contributed by atoms with Gasteiger partial charge in [0.1, 0.15) is 0 Å². The molecule has 0 amide bonds. The highest BCUT2D eigenvalue weighted by Gasteiger charge is 2.05. The quantitative estimate of drug-likeness (QED) is 0.665. The fourth-order valence-electron chi connectivity index (χ4n) is 1.54. The lowest BCUT2D eigenvalue weighted by atomic mass is 10.1. The second-order valence-electron chi connectivity index (χ2n) is 4.00. The van der Waals surface area contributed by atoms with Gasteiger partial charge in [0.15, 0.2) is 0 Å². The Hall–Kier alpha value is -2.20. The second kappa shape index (κ2) is 6.11. The Labute approximate surface area is 116 Å². The molecule has 0 aliphatic rings. The average Bonchev–Trinajstić information content (AvgIpc) is 2.38. The van der Waals surface area contributed by atoms with E-state index in [1.165, 1.54) is 0 Å². The van der Waals surface area contributed by atoms with Crippen LogP contribution in [-0.4, -0.2) is 5.97 Å². The van der Waals surface area contributed by atoms with Gasteiger partial charge in [0, 0.05) is 10.7 Å². The summed E-state index contributed by atoms with van der Waals surface area (Å²) in [5.41, 5.74) is 10.3. The predicted octanol–water partition coefficient (Wildman–Crippen LogP) is 3.04. The van der Waals surface area contributed by atoms with E-state index in [1.54, 1.807) is 42.5 Å². The van der Waals surface area contributed by atoms with Crippen LogP contribution in [0.4, 0.5) is 11.4 Å². The molecule has 0 heterocycles. The lowest BCUT2D eigenvalue weighted by Gasteiger charge is -2.07. The van der Waals surface area contributed by atoms with Crippen molar-refractivity contribution in [3.63, 3.8) is 0 Å². The van der Waals surface area contributed by atoms with E-state index in [0.717, 1.165) is 5.56 Å². The molecule has 0 spiro atoms. The highest BCUT2D eigenvalue weighted by atomic mass is 35.5. The van der Waals surface area contributed by atoms with Gasteiger partial charge in [-0.3, -0.25) is 0 Å². The van der Waals surface area contributed by atoms with Crippen LogP contribution in [0.3, 0.4) is 0 Å². The molecule has 0 radical (unpaired) electrons. The molecule has 0 aliphatic carbocycles. The monoisotopic (exact) mass is 276 g/mol. The number of carbonyl (C=O) groups excluding carboxylic acids is 1. The molecule has 0 unspecified atom stereocenters. The minimum Gasteiger partial charge on any atom is -0.399 e. The first-order valence-corrected chi connectivity index (χ1v) is 6.07. The number of carbonyl (C=O) groups is 1. The summed E-state index contributed by atoms with van der Waals surface area (Å²) in [6.07, 6.45) is 0.158. The summed E-state index contributed by atoms with van der Waals surface area (Å²) in [5.74, 6) is -0.388. The molecular formula is C14H13ClN2O2. The van der Waals surface area contributed by atoms with Crippen LogP contribution in [0.2, 0.25) is 5.02 Å². The van der Waals surface area contributed by atoms with Gasteiger partial charge < -0.3 is 10.6 Å². The number of benzene rings is 2. The van der Waals surface area contributed by atoms with Crippen LogP contribution in [0, 0.1) is 0 Å². The SMILES string of the molecule is Nc1cccc(CC(=O)ONc2ccc(Cl)cc2)c1. The molecule has 19 heavy (non-hydrogen) atoms. The third-order valence-corrected chi connectivity index (χ3v) is 2.68. The van der Waals surface area contributed by atoms with Gasteiger partial charge in [-0.2, -0.15) is 0 Å². The van der Waals surface area contributed by atoms with Gasteiger partial charge in [-0.1, -0.05) is 23.7 Å². The van der Waals surface area contributed by atoms with Crippen molar-refractivity contribution in [3.8, 4) is 0 Å². The summed E-state index contributed by atoms with van der Waals surface area (Å²) in [6, 6.07) is 14.0. The molecule has 3 N–H and O–H groups in total.